The fourth-order valence-electron chi connectivity index (χ4n) is 3.83. The van der Waals surface area contributed by atoms with Gasteiger partial charge < -0.3 is 20.1 Å². The Bertz CT molecular complexity index is 963. The Balaban J connectivity index is 1.49. The van der Waals surface area contributed by atoms with E-state index in [1.165, 1.54) is 5.56 Å². The maximum Gasteiger partial charge on any atom is 0.232 e. The van der Waals surface area contributed by atoms with Crippen molar-refractivity contribution in [1.29, 1.82) is 0 Å². The standard InChI is InChI=1S/C23H31N5O2/c1-27(2)13-12-24-15-17-4-3-5-18(14-17)21-16-25-22-10-11-23(26-28(21)22)30-20-8-6-19(29)7-9-20/h3-5,10-11,14,16,19-20,24,29H,6-9,12-13,15H2,1-2H3. The normalized spacial score (nSPS) is 19.5. The van der Waals surface area contributed by atoms with Gasteiger partial charge in [-0.25, -0.2) is 9.50 Å². The van der Waals surface area contributed by atoms with E-state index in [-0.39, 0.29) is 12.2 Å². The van der Waals surface area contributed by atoms with Crippen LogP contribution in [0.5, 0.6) is 5.88 Å². The molecule has 0 saturated heterocycles. The second-order valence-electron chi connectivity index (χ2n) is 8.31. The molecule has 0 unspecified atom stereocenters. The number of fused-ring (bicyclic) bond motifs is 1. The molecular weight excluding hydrogens is 378 g/mol. The van der Waals surface area contributed by atoms with Crippen LogP contribution in [-0.4, -0.2) is 64.0 Å². The minimum atomic E-state index is -0.190. The van der Waals surface area contributed by atoms with Gasteiger partial charge in [0, 0.05) is 31.3 Å². The first-order valence-electron chi connectivity index (χ1n) is 10.7. The molecule has 0 radical (unpaired) electrons. The van der Waals surface area contributed by atoms with Crippen LogP contribution in [0.4, 0.5) is 0 Å². The Morgan fingerprint density at radius 3 is 2.80 bits per heavy atom. The molecule has 0 bridgehead atoms. The van der Waals surface area contributed by atoms with Crippen molar-refractivity contribution in [2.45, 2.75) is 44.4 Å². The third-order valence-electron chi connectivity index (χ3n) is 5.56. The molecule has 0 aliphatic heterocycles. The predicted octanol–water partition coefficient (Wildman–Crippen LogP) is 2.73. The maximum absolute atomic E-state index is 9.69. The van der Waals surface area contributed by atoms with E-state index in [0.29, 0.717) is 5.88 Å². The van der Waals surface area contributed by atoms with Crippen molar-refractivity contribution in [3.05, 3.63) is 48.2 Å². The van der Waals surface area contributed by atoms with Crippen LogP contribution in [0, 0.1) is 0 Å². The number of aromatic nitrogens is 3. The van der Waals surface area contributed by atoms with Gasteiger partial charge in [0.25, 0.3) is 0 Å². The average Bonchev–Trinajstić information content (AvgIpc) is 3.16. The highest BCUT2D eigenvalue weighted by molar-refractivity contribution is 5.63. The molecule has 0 atom stereocenters. The molecule has 7 nitrogen and oxygen atoms in total. The van der Waals surface area contributed by atoms with E-state index in [2.05, 4.69) is 53.6 Å². The second-order valence-corrected chi connectivity index (χ2v) is 8.31. The second kappa shape index (κ2) is 9.55. The number of aliphatic hydroxyl groups is 1. The van der Waals surface area contributed by atoms with E-state index in [0.717, 1.165) is 62.2 Å². The number of ether oxygens (including phenoxy) is 1. The molecule has 4 rings (SSSR count). The molecule has 1 aliphatic carbocycles. The average molecular weight is 410 g/mol. The van der Waals surface area contributed by atoms with Crippen LogP contribution in [0.15, 0.2) is 42.6 Å². The van der Waals surface area contributed by atoms with Crippen LogP contribution in [-0.2, 0) is 6.54 Å². The quantitative estimate of drug-likeness (QED) is 0.557. The number of rotatable bonds is 8. The molecule has 0 spiro atoms. The smallest absolute Gasteiger partial charge is 0.232 e. The van der Waals surface area contributed by atoms with Gasteiger partial charge in [-0.3, -0.25) is 0 Å². The molecule has 2 N–H and O–H groups in total. The molecular formula is C23H31N5O2. The lowest BCUT2D eigenvalue weighted by atomic mass is 9.95. The van der Waals surface area contributed by atoms with Gasteiger partial charge in [0.05, 0.1) is 18.0 Å². The molecule has 3 aromatic rings. The number of imidazole rings is 1. The fraction of sp³-hybridized carbons (Fsp3) is 0.478. The lowest BCUT2D eigenvalue weighted by molar-refractivity contribution is 0.0637. The molecule has 1 saturated carbocycles. The summed E-state index contributed by atoms with van der Waals surface area (Å²) in [6, 6.07) is 12.3. The highest BCUT2D eigenvalue weighted by Gasteiger charge is 2.21. The fourth-order valence-corrected chi connectivity index (χ4v) is 3.83. The summed E-state index contributed by atoms with van der Waals surface area (Å²) in [5, 5.41) is 17.9. The molecule has 0 amide bonds. The van der Waals surface area contributed by atoms with Crippen LogP contribution in [0.2, 0.25) is 0 Å². The van der Waals surface area contributed by atoms with E-state index in [4.69, 9.17) is 9.84 Å². The molecule has 1 aromatic carbocycles. The largest absolute Gasteiger partial charge is 0.473 e. The van der Waals surface area contributed by atoms with Gasteiger partial charge in [-0.1, -0.05) is 18.2 Å². The number of hydrogen-bond acceptors (Lipinski definition) is 6. The van der Waals surface area contributed by atoms with Crippen LogP contribution in [0.1, 0.15) is 31.2 Å². The molecule has 2 heterocycles. The minimum absolute atomic E-state index is 0.113. The summed E-state index contributed by atoms with van der Waals surface area (Å²) in [7, 11) is 4.16. The van der Waals surface area contributed by atoms with Crippen molar-refractivity contribution in [2.24, 2.45) is 0 Å². The van der Waals surface area contributed by atoms with Crippen LogP contribution in [0.25, 0.3) is 16.9 Å². The summed E-state index contributed by atoms with van der Waals surface area (Å²) in [6.07, 6.45) is 5.09. The Labute approximate surface area is 177 Å². The lowest BCUT2D eigenvalue weighted by Gasteiger charge is -2.25. The van der Waals surface area contributed by atoms with Crippen molar-refractivity contribution in [3.8, 4) is 17.1 Å². The summed E-state index contributed by atoms with van der Waals surface area (Å²) in [6.45, 7) is 2.79. The number of likely N-dealkylation sites (N-methyl/N-ethyl adjacent to an activating group) is 1. The van der Waals surface area contributed by atoms with Gasteiger partial charge in [-0.15, -0.1) is 5.10 Å². The third-order valence-corrected chi connectivity index (χ3v) is 5.56. The Morgan fingerprint density at radius 1 is 1.17 bits per heavy atom. The number of aliphatic hydroxyl groups excluding tert-OH is 1. The van der Waals surface area contributed by atoms with E-state index < -0.39 is 0 Å². The first-order chi connectivity index (χ1) is 14.6. The van der Waals surface area contributed by atoms with E-state index in [1.807, 2.05) is 22.8 Å². The van der Waals surface area contributed by atoms with Gasteiger partial charge in [0.15, 0.2) is 5.65 Å². The first-order valence-corrected chi connectivity index (χ1v) is 10.7. The summed E-state index contributed by atoms with van der Waals surface area (Å²) in [5.74, 6) is 0.602. The van der Waals surface area contributed by atoms with E-state index in [9.17, 15) is 5.11 Å². The van der Waals surface area contributed by atoms with Crippen molar-refractivity contribution >= 4 is 5.65 Å². The Kier molecular flexibility index (Phi) is 6.62. The Morgan fingerprint density at radius 2 is 2.00 bits per heavy atom. The van der Waals surface area contributed by atoms with Gasteiger partial charge in [-0.2, -0.15) is 0 Å². The Hall–Kier alpha value is -2.48. The molecule has 160 valence electrons. The topological polar surface area (TPSA) is 74.9 Å². The molecule has 30 heavy (non-hydrogen) atoms. The molecule has 7 heteroatoms. The summed E-state index contributed by atoms with van der Waals surface area (Å²) in [5.41, 5.74) is 4.06. The van der Waals surface area contributed by atoms with Crippen molar-refractivity contribution in [1.82, 2.24) is 24.8 Å². The summed E-state index contributed by atoms with van der Waals surface area (Å²) >= 11 is 0. The number of nitrogens with one attached hydrogen (secondary N) is 1. The number of nitrogens with zero attached hydrogens (tertiary/aromatic N) is 4. The molecule has 1 fully saturated rings. The van der Waals surface area contributed by atoms with Crippen LogP contribution >= 0.6 is 0 Å². The SMILES string of the molecule is CN(C)CCNCc1cccc(-c2cnc3ccc(OC4CCC(O)CC4)nn23)c1. The van der Waals surface area contributed by atoms with Gasteiger partial charge in [0.1, 0.15) is 6.10 Å². The van der Waals surface area contributed by atoms with E-state index >= 15 is 0 Å². The van der Waals surface area contributed by atoms with Gasteiger partial charge >= 0.3 is 0 Å². The van der Waals surface area contributed by atoms with Gasteiger partial charge in [-0.05, 0) is 57.5 Å². The minimum Gasteiger partial charge on any atom is -0.473 e. The number of benzene rings is 1. The van der Waals surface area contributed by atoms with Crippen molar-refractivity contribution in [2.75, 3.05) is 27.2 Å². The summed E-state index contributed by atoms with van der Waals surface area (Å²) in [4.78, 5) is 6.68. The van der Waals surface area contributed by atoms with Crippen LogP contribution < -0.4 is 10.1 Å². The lowest BCUT2D eigenvalue weighted by Crippen LogP contribution is -2.26. The third kappa shape index (κ3) is 5.16. The van der Waals surface area contributed by atoms with E-state index in [1.54, 1.807) is 0 Å². The van der Waals surface area contributed by atoms with Crippen LogP contribution in [0.3, 0.4) is 0 Å². The molecule has 2 aromatic heterocycles. The summed E-state index contributed by atoms with van der Waals surface area (Å²) < 4.78 is 7.95. The zero-order valence-electron chi connectivity index (χ0n) is 17.8. The molecule has 1 aliphatic rings. The predicted molar refractivity (Wildman–Crippen MR) is 118 cm³/mol. The first kappa shape index (κ1) is 20.8. The zero-order valence-corrected chi connectivity index (χ0v) is 17.8. The van der Waals surface area contributed by atoms with Crippen molar-refractivity contribution in [3.63, 3.8) is 0 Å². The van der Waals surface area contributed by atoms with Gasteiger partial charge in [0.2, 0.25) is 5.88 Å². The monoisotopic (exact) mass is 409 g/mol. The highest BCUT2D eigenvalue weighted by Crippen LogP contribution is 2.25. The number of hydrogen-bond donors (Lipinski definition) is 2. The maximum atomic E-state index is 9.69. The zero-order chi connectivity index (χ0) is 20.9. The highest BCUT2D eigenvalue weighted by atomic mass is 16.5. The van der Waals surface area contributed by atoms with Crippen molar-refractivity contribution < 1.29 is 9.84 Å².